The van der Waals surface area contributed by atoms with E-state index in [0.717, 1.165) is 25.4 Å². The first-order valence-electron chi connectivity index (χ1n) is 7.56. The first-order chi connectivity index (χ1) is 10.3. The van der Waals surface area contributed by atoms with Crippen molar-refractivity contribution in [2.24, 2.45) is 5.92 Å². The number of benzene rings is 2. The summed E-state index contributed by atoms with van der Waals surface area (Å²) in [5, 5.41) is 2.51. The van der Waals surface area contributed by atoms with Crippen LogP contribution in [0.5, 0.6) is 5.75 Å². The standard InChI is InChI=1S/C18H23NO2/c1-20-13-15-7-8-19(12-15)11-14-3-4-17-10-18(21-2)6-5-16(17)9-14/h3-6,9-10,15H,7-8,11-13H2,1-2H3/t15-/m1/s1. The van der Waals surface area contributed by atoms with Crippen LogP contribution < -0.4 is 4.74 Å². The molecule has 1 atom stereocenters. The number of ether oxygens (including phenoxy) is 2. The second kappa shape index (κ2) is 6.46. The zero-order chi connectivity index (χ0) is 14.7. The van der Waals surface area contributed by atoms with Crippen LogP contribution in [0.1, 0.15) is 12.0 Å². The third-order valence-electron chi connectivity index (χ3n) is 4.29. The molecule has 0 amide bonds. The zero-order valence-corrected chi connectivity index (χ0v) is 12.8. The van der Waals surface area contributed by atoms with E-state index in [2.05, 4.69) is 35.2 Å². The Morgan fingerprint density at radius 2 is 1.90 bits per heavy atom. The average molecular weight is 285 g/mol. The van der Waals surface area contributed by atoms with Crippen LogP contribution in [0.25, 0.3) is 10.8 Å². The average Bonchev–Trinajstić information content (AvgIpc) is 2.94. The molecule has 112 valence electrons. The van der Waals surface area contributed by atoms with E-state index in [1.807, 2.05) is 6.07 Å². The van der Waals surface area contributed by atoms with Crippen molar-refractivity contribution in [3.05, 3.63) is 42.0 Å². The molecule has 1 heterocycles. The number of hydrogen-bond acceptors (Lipinski definition) is 3. The lowest BCUT2D eigenvalue weighted by Crippen LogP contribution is -2.21. The molecule has 3 nitrogen and oxygen atoms in total. The minimum absolute atomic E-state index is 0.694. The highest BCUT2D eigenvalue weighted by atomic mass is 16.5. The molecule has 2 aromatic carbocycles. The van der Waals surface area contributed by atoms with E-state index in [4.69, 9.17) is 9.47 Å². The van der Waals surface area contributed by atoms with Gasteiger partial charge in [0, 0.05) is 20.2 Å². The SMILES string of the molecule is COC[C@@H]1CCN(Cc2ccc3cc(OC)ccc3c2)C1. The number of nitrogens with zero attached hydrogens (tertiary/aromatic N) is 1. The summed E-state index contributed by atoms with van der Waals surface area (Å²) in [7, 11) is 3.50. The van der Waals surface area contributed by atoms with Crippen molar-refractivity contribution in [2.75, 3.05) is 33.9 Å². The zero-order valence-electron chi connectivity index (χ0n) is 12.8. The highest BCUT2D eigenvalue weighted by Crippen LogP contribution is 2.24. The predicted octanol–water partition coefficient (Wildman–Crippen LogP) is 3.32. The van der Waals surface area contributed by atoms with Gasteiger partial charge >= 0.3 is 0 Å². The van der Waals surface area contributed by atoms with E-state index in [0.29, 0.717) is 5.92 Å². The Morgan fingerprint density at radius 3 is 2.71 bits per heavy atom. The topological polar surface area (TPSA) is 21.7 Å². The summed E-state index contributed by atoms with van der Waals surface area (Å²) in [5.74, 6) is 1.61. The molecule has 1 saturated heterocycles. The molecule has 2 aromatic rings. The van der Waals surface area contributed by atoms with E-state index in [-0.39, 0.29) is 0 Å². The summed E-state index contributed by atoms with van der Waals surface area (Å²) in [5.41, 5.74) is 1.38. The van der Waals surface area contributed by atoms with Gasteiger partial charge in [0.15, 0.2) is 0 Å². The first kappa shape index (κ1) is 14.4. The fraction of sp³-hybridized carbons (Fsp3) is 0.444. The van der Waals surface area contributed by atoms with Gasteiger partial charge in [0.1, 0.15) is 5.75 Å². The monoisotopic (exact) mass is 285 g/mol. The van der Waals surface area contributed by atoms with Gasteiger partial charge in [-0.15, -0.1) is 0 Å². The van der Waals surface area contributed by atoms with Crippen molar-refractivity contribution in [1.29, 1.82) is 0 Å². The van der Waals surface area contributed by atoms with E-state index in [1.54, 1.807) is 14.2 Å². The Hall–Kier alpha value is -1.58. The molecule has 3 rings (SSSR count). The van der Waals surface area contributed by atoms with Crippen molar-refractivity contribution >= 4 is 10.8 Å². The molecular formula is C18H23NO2. The van der Waals surface area contributed by atoms with Gasteiger partial charge < -0.3 is 9.47 Å². The molecule has 0 N–H and O–H groups in total. The number of fused-ring (bicyclic) bond motifs is 1. The van der Waals surface area contributed by atoms with Crippen LogP contribution in [0.15, 0.2) is 36.4 Å². The molecule has 1 aliphatic rings. The lowest BCUT2D eigenvalue weighted by Gasteiger charge is -2.16. The molecule has 1 fully saturated rings. The molecule has 1 aliphatic heterocycles. The Labute approximate surface area is 126 Å². The second-order valence-corrected chi connectivity index (χ2v) is 5.89. The van der Waals surface area contributed by atoms with E-state index < -0.39 is 0 Å². The number of methoxy groups -OCH3 is 2. The quantitative estimate of drug-likeness (QED) is 0.841. The van der Waals surface area contributed by atoms with Crippen molar-refractivity contribution in [2.45, 2.75) is 13.0 Å². The Morgan fingerprint density at radius 1 is 1.10 bits per heavy atom. The summed E-state index contributed by atoms with van der Waals surface area (Å²) < 4.78 is 10.5. The summed E-state index contributed by atoms with van der Waals surface area (Å²) in [6, 6.07) is 13.0. The maximum absolute atomic E-state index is 5.27. The fourth-order valence-corrected chi connectivity index (χ4v) is 3.19. The molecule has 3 heteroatoms. The molecule has 0 aliphatic carbocycles. The Balaban J connectivity index is 1.70. The minimum Gasteiger partial charge on any atom is -0.497 e. The van der Waals surface area contributed by atoms with Crippen LogP contribution in [0.4, 0.5) is 0 Å². The van der Waals surface area contributed by atoms with Crippen LogP contribution >= 0.6 is 0 Å². The van der Waals surface area contributed by atoms with Crippen molar-refractivity contribution in [1.82, 2.24) is 4.90 Å². The third-order valence-corrected chi connectivity index (χ3v) is 4.29. The van der Waals surface area contributed by atoms with Crippen molar-refractivity contribution in [3.63, 3.8) is 0 Å². The third kappa shape index (κ3) is 3.36. The lowest BCUT2D eigenvalue weighted by atomic mass is 10.1. The minimum atomic E-state index is 0.694. The molecule has 21 heavy (non-hydrogen) atoms. The van der Waals surface area contributed by atoms with E-state index in [9.17, 15) is 0 Å². The Bertz CT molecular complexity index is 611. The molecule has 0 unspecified atom stereocenters. The van der Waals surface area contributed by atoms with Gasteiger partial charge in [-0.3, -0.25) is 4.90 Å². The highest BCUT2D eigenvalue weighted by molar-refractivity contribution is 5.84. The molecule has 0 radical (unpaired) electrons. The van der Waals surface area contributed by atoms with Crippen molar-refractivity contribution < 1.29 is 9.47 Å². The summed E-state index contributed by atoms with van der Waals surface area (Å²) >= 11 is 0. The summed E-state index contributed by atoms with van der Waals surface area (Å²) in [6.07, 6.45) is 1.25. The number of rotatable bonds is 5. The van der Waals surface area contributed by atoms with Gasteiger partial charge in [0.05, 0.1) is 13.7 Å². The van der Waals surface area contributed by atoms with Crippen LogP contribution in [0.3, 0.4) is 0 Å². The summed E-state index contributed by atoms with van der Waals surface area (Å²) in [6.45, 7) is 4.24. The van der Waals surface area contributed by atoms with Gasteiger partial charge in [-0.1, -0.05) is 18.2 Å². The number of likely N-dealkylation sites (tertiary alicyclic amines) is 1. The predicted molar refractivity (Wildman–Crippen MR) is 85.8 cm³/mol. The van der Waals surface area contributed by atoms with Crippen LogP contribution in [0.2, 0.25) is 0 Å². The maximum atomic E-state index is 5.27. The summed E-state index contributed by atoms with van der Waals surface area (Å²) in [4.78, 5) is 2.52. The van der Waals surface area contributed by atoms with E-state index in [1.165, 1.54) is 29.3 Å². The molecule has 0 spiro atoms. The molecule has 0 bridgehead atoms. The lowest BCUT2D eigenvalue weighted by molar-refractivity contribution is 0.152. The first-order valence-corrected chi connectivity index (χ1v) is 7.56. The Kier molecular flexibility index (Phi) is 4.42. The molecule has 0 aromatic heterocycles. The molecule has 0 saturated carbocycles. The van der Waals surface area contributed by atoms with Gasteiger partial charge in [-0.05, 0) is 53.4 Å². The van der Waals surface area contributed by atoms with Crippen LogP contribution in [0, 0.1) is 5.92 Å². The normalized spacial score (nSPS) is 19.2. The van der Waals surface area contributed by atoms with Crippen LogP contribution in [-0.4, -0.2) is 38.8 Å². The smallest absolute Gasteiger partial charge is 0.119 e. The van der Waals surface area contributed by atoms with Crippen LogP contribution in [-0.2, 0) is 11.3 Å². The number of hydrogen-bond donors (Lipinski definition) is 0. The molecular weight excluding hydrogens is 262 g/mol. The van der Waals surface area contributed by atoms with Gasteiger partial charge in [0.25, 0.3) is 0 Å². The fourth-order valence-electron chi connectivity index (χ4n) is 3.19. The second-order valence-electron chi connectivity index (χ2n) is 5.89. The largest absolute Gasteiger partial charge is 0.497 e. The van der Waals surface area contributed by atoms with Gasteiger partial charge in [-0.2, -0.15) is 0 Å². The maximum Gasteiger partial charge on any atom is 0.119 e. The van der Waals surface area contributed by atoms with Gasteiger partial charge in [-0.25, -0.2) is 0 Å². The highest BCUT2D eigenvalue weighted by Gasteiger charge is 2.22. The van der Waals surface area contributed by atoms with Crippen molar-refractivity contribution in [3.8, 4) is 5.75 Å². The van der Waals surface area contributed by atoms with E-state index >= 15 is 0 Å². The van der Waals surface area contributed by atoms with Gasteiger partial charge in [0.2, 0.25) is 0 Å².